The maximum atomic E-state index is 12.7. The Bertz CT molecular complexity index is 636. The van der Waals surface area contributed by atoms with Gasteiger partial charge in [0.25, 0.3) is 0 Å². The molecule has 2 rings (SSSR count). The van der Waals surface area contributed by atoms with E-state index in [1.54, 1.807) is 0 Å². The molecule has 5 heteroatoms. The maximum absolute atomic E-state index is 12.7. The predicted molar refractivity (Wildman–Crippen MR) is 122 cm³/mol. The maximum Gasteiger partial charge on any atom is 0.242 e. The van der Waals surface area contributed by atoms with Crippen molar-refractivity contribution in [3.05, 3.63) is 29.8 Å². The highest BCUT2D eigenvalue weighted by atomic mass is 16.5. The molecule has 0 aromatic heterocycles. The molecule has 0 aliphatic heterocycles. The summed E-state index contributed by atoms with van der Waals surface area (Å²) >= 11 is 0. The van der Waals surface area contributed by atoms with Gasteiger partial charge in [-0.3, -0.25) is 9.59 Å². The van der Waals surface area contributed by atoms with Gasteiger partial charge in [-0.05, 0) is 42.4 Å². The normalized spacial score (nSPS) is 15.2. The molecule has 0 unspecified atom stereocenters. The van der Waals surface area contributed by atoms with Crippen molar-refractivity contribution in [1.29, 1.82) is 0 Å². The zero-order valence-electron chi connectivity index (χ0n) is 19.0. The molecule has 0 heterocycles. The fraction of sp³-hybridized carbons (Fsp3) is 0.680. The smallest absolute Gasteiger partial charge is 0.242 e. The molecule has 5 nitrogen and oxygen atoms in total. The van der Waals surface area contributed by atoms with Crippen LogP contribution in [0.3, 0.4) is 0 Å². The highest BCUT2D eigenvalue weighted by molar-refractivity contribution is 5.87. The van der Waals surface area contributed by atoms with E-state index >= 15 is 0 Å². The minimum atomic E-state index is -0.549. The van der Waals surface area contributed by atoms with Crippen LogP contribution in [-0.2, 0) is 16.0 Å². The topological polar surface area (TPSA) is 67.4 Å². The lowest BCUT2D eigenvalue weighted by Gasteiger charge is -2.20. The molecule has 2 N–H and O–H groups in total. The van der Waals surface area contributed by atoms with Crippen LogP contribution in [0.5, 0.6) is 5.75 Å². The molecule has 1 fully saturated rings. The summed E-state index contributed by atoms with van der Waals surface area (Å²) in [6.07, 6.45) is 9.08. The van der Waals surface area contributed by atoms with E-state index < -0.39 is 6.04 Å². The highest BCUT2D eigenvalue weighted by Crippen LogP contribution is 2.28. The van der Waals surface area contributed by atoms with E-state index in [0.717, 1.165) is 30.6 Å². The minimum absolute atomic E-state index is 0.0221. The first kappa shape index (κ1) is 24.2. The molecule has 1 aliphatic carbocycles. The third kappa shape index (κ3) is 9.19. The molecule has 1 aromatic carbocycles. The second-order valence-corrected chi connectivity index (χ2v) is 9.00. The van der Waals surface area contributed by atoms with Crippen LogP contribution >= 0.6 is 0 Å². The monoisotopic (exact) mass is 416 g/mol. The van der Waals surface area contributed by atoms with Crippen molar-refractivity contribution in [3.63, 3.8) is 0 Å². The second-order valence-electron chi connectivity index (χ2n) is 9.00. The molecule has 1 atom stereocenters. The number of nitrogens with one attached hydrogen (secondary N) is 2. The van der Waals surface area contributed by atoms with Gasteiger partial charge in [-0.1, -0.05) is 65.0 Å². The van der Waals surface area contributed by atoms with Gasteiger partial charge in [-0.2, -0.15) is 0 Å². The van der Waals surface area contributed by atoms with Gasteiger partial charge in [0, 0.05) is 19.4 Å². The van der Waals surface area contributed by atoms with E-state index in [1.165, 1.54) is 25.7 Å². The zero-order chi connectivity index (χ0) is 21.8. The lowest BCUT2D eigenvalue weighted by molar-refractivity contribution is -0.129. The number of hydrogen-bond donors (Lipinski definition) is 2. The van der Waals surface area contributed by atoms with Crippen molar-refractivity contribution >= 4 is 11.8 Å². The first-order chi connectivity index (χ1) is 14.5. The van der Waals surface area contributed by atoms with Crippen LogP contribution in [0.2, 0.25) is 0 Å². The highest BCUT2D eigenvalue weighted by Gasteiger charge is 2.22. The summed E-state index contributed by atoms with van der Waals surface area (Å²) in [5.41, 5.74) is 1.01. The molecular weight excluding hydrogens is 376 g/mol. The summed E-state index contributed by atoms with van der Waals surface area (Å²) in [4.78, 5) is 25.3. The van der Waals surface area contributed by atoms with Crippen molar-refractivity contribution in [3.8, 4) is 5.75 Å². The van der Waals surface area contributed by atoms with E-state index in [1.807, 2.05) is 24.3 Å². The van der Waals surface area contributed by atoms with Crippen LogP contribution in [0.4, 0.5) is 0 Å². The zero-order valence-corrected chi connectivity index (χ0v) is 19.0. The summed E-state index contributed by atoms with van der Waals surface area (Å²) in [5, 5.41) is 5.96. The molecule has 1 aromatic rings. The molecule has 0 bridgehead atoms. The molecule has 1 saturated carbocycles. The van der Waals surface area contributed by atoms with Crippen LogP contribution in [0, 0.1) is 11.8 Å². The van der Waals surface area contributed by atoms with E-state index in [0.29, 0.717) is 37.8 Å². The number of unbranched alkanes of at least 4 members (excludes halogenated alkanes) is 1. The first-order valence-electron chi connectivity index (χ1n) is 11.8. The van der Waals surface area contributed by atoms with E-state index in [9.17, 15) is 9.59 Å². The molecule has 0 radical (unpaired) electrons. The van der Waals surface area contributed by atoms with Gasteiger partial charge in [0.15, 0.2) is 0 Å². The minimum Gasteiger partial charge on any atom is -0.494 e. The summed E-state index contributed by atoms with van der Waals surface area (Å²) in [6, 6.07) is 7.29. The summed E-state index contributed by atoms with van der Waals surface area (Å²) < 4.78 is 5.71. The number of rotatable bonds is 13. The van der Waals surface area contributed by atoms with Gasteiger partial charge in [0.05, 0.1) is 6.61 Å². The van der Waals surface area contributed by atoms with Crippen LogP contribution in [0.25, 0.3) is 0 Å². The quantitative estimate of drug-likeness (QED) is 0.461. The van der Waals surface area contributed by atoms with Gasteiger partial charge in [0.2, 0.25) is 11.8 Å². The molecule has 1 aliphatic rings. The molecule has 30 heavy (non-hydrogen) atoms. The number of carbonyl (C=O) groups excluding carboxylic acids is 2. The SMILES string of the molecule is CCCCOc1ccc(C[C@H](NC(=O)CCC2CCCC2)C(=O)NCC(C)C)cc1. The van der Waals surface area contributed by atoms with Crippen molar-refractivity contribution in [2.75, 3.05) is 13.2 Å². The Hall–Kier alpha value is -2.04. The van der Waals surface area contributed by atoms with Crippen LogP contribution in [0.15, 0.2) is 24.3 Å². The lowest BCUT2D eigenvalue weighted by atomic mass is 10.0. The number of ether oxygens (including phenoxy) is 1. The molecule has 0 spiro atoms. The lowest BCUT2D eigenvalue weighted by Crippen LogP contribution is -2.48. The average molecular weight is 417 g/mol. The van der Waals surface area contributed by atoms with Crippen molar-refractivity contribution in [2.45, 2.75) is 84.6 Å². The Morgan fingerprint density at radius 1 is 1.13 bits per heavy atom. The van der Waals surface area contributed by atoms with Crippen LogP contribution in [-0.4, -0.2) is 31.0 Å². The molecule has 168 valence electrons. The molecular formula is C25H40N2O3. The van der Waals surface area contributed by atoms with Gasteiger partial charge < -0.3 is 15.4 Å². The average Bonchev–Trinajstić information content (AvgIpc) is 3.25. The Kier molecular flexibility index (Phi) is 10.7. The van der Waals surface area contributed by atoms with Crippen molar-refractivity contribution in [1.82, 2.24) is 10.6 Å². The second kappa shape index (κ2) is 13.3. The third-order valence-corrected chi connectivity index (χ3v) is 5.72. The summed E-state index contributed by atoms with van der Waals surface area (Å²) in [5.74, 6) is 1.75. The molecule has 0 saturated heterocycles. The van der Waals surface area contributed by atoms with Crippen LogP contribution in [0.1, 0.15) is 77.7 Å². The summed E-state index contributed by atoms with van der Waals surface area (Å²) in [6.45, 7) is 7.59. The number of hydrogen-bond acceptors (Lipinski definition) is 3. The first-order valence-corrected chi connectivity index (χ1v) is 11.8. The standard InChI is InChI=1S/C25H40N2O3/c1-4-5-16-30-22-13-10-21(11-14-22)17-23(25(29)26-18-19(2)3)27-24(28)15-12-20-8-6-7-9-20/h10-11,13-14,19-20,23H,4-9,12,15-18H2,1-3H3,(H,26,29)(H,27,28)/t23-/m0/s1. The Morgan fingerprint density at radius 3 is 2.47 bits per heavy atom. The fourth-order valence-corrected chi connectivity index (χ4v) is 3.83. The Labute approximate surface area is 182 Å². The van der Waals surface area contributed by atoms with Crippen molar-refractivity contribution in [2.24, 2.45) is 11.8 Å². The van der Waals surface area contributed by atoms with Gasteiger partial charge in [0.1, 0.15) is 11.8 Å². The van der Waals surface area contributed by atoms with Crippen molar-refractivity contribution < 1.29 is 14.3 Å². The van der Waals surface area contributed by atoms with Gasteiger partial charge in [-0.25, -0.2) is 0 Å². The fourth-order valence-electron chi connectivity index (χ4n) is 3.83. The number of benzene rings is 1. The van der Waals surface area contributed by atoms with E-state index in [4.69, 9.17) is 4.74 Å². The Morgan fingerprint density at radius 2 is 1.83 bits per heavy atom. The van der Waals surface area contributed by atoms with Gasteiger partial charge in [-0.15, -0.1) is 0 Å². The molecule has 2 amide bonds. The van der Waals surface area contributed by atoms with Gasteiger partial charge >= 0.3 is 0 Å². The Balaban J connectivity index is 1.92. The third-order valence-electron chi connectivity index (χ3n) is 5.72. The van der Waals surface area contributed by atoms with Crippen LogP contribution < -0.4 is 15.4 Å². The number of carbonyl (C=O) groups is 2. The predicted octanol–water partition coefficient (Wildman–Crippen LogP) is 4.64. The van der Waals surface area contributed by atoms with E-state index in [-0.39, 0.29) is 11.8 Å². The summed E-state index contributed by atoms with van der Waals surface area (Å²) in [7, 11) is 0. The van der Waals surface area contributed by atoms with E-state index in [2.05, 4.69) is 31.4 Å². The largest absolute Gasteiger partial charge is 0.494 e. The number of amides is 2.